The summed E-state index contributed by atoms with van der Waals surface area (Å²) in [6.07, 6.45) is 9.14. The van der Waals surface area contributed by atoms with Gasteiger partial charge in [0.2, 0.25) is 0 Å². The van der Waals surface area contributed by atoms with Gasteiger partial charge < -0.3 is 15.3 Å². The summed E-state index contributed by atoms with van der Waals surface area (Å²) < 4.78 is 0. The summed E-state index contributed by atoms with van der Waals surface area (Å²) in [6, 6.07) is -0.644. The fraction of sp³-hybridized carbons (Fsp3) is 0.875. The van der Waals surface area contributed by atoms with Crippen molar-refractivity contribution in [2.45, 2.75) is 76.8 Å². The van der Waals surface area contributed by atoms with Crippen molar-refractivity contribution >= 4 is 12.0 Å². The largest absolute Gasteiger partial charge is 0.480 e. The smallest absolute Gasteiger partial charge is 0.326 e. The average molecular weight is 296 g/mol. The molecule has 0 aromatic heterocycles. The van der Waals surface area contributed by atoms with Crippen molar-refractivity contribution in [2.24, 2.45) is 5.92 Å². The summed E-state index contributed by atoms with van der Waals surface area (Å²) in [4.78, 5) is 25.5. The molecule has 0 spiro atoms. The SMILES string of the molecule is CC1CCCCCC1NC(=O)N1CCCCCC1C(=O)O. The van der Waals surface area contributed by atoms with Gasteiger partial charge in [0, 0.05) is 12.6 Å². The molecule has 5 heteroatoms. The maximum atomic E-state index is 12.5. The van der Waals surface area contributed by atoms with Crippen LogP contribution in [-0.4, -0.2) is 40.6 Å². The van der Waals surface area contributed by atoms with Crippen molar-refractivity contribution in [3.05, 3.63) is 0 Å². The number of hydrogen-bond donors (Lipinski definition) is 2. The van der Waals surface area contributed by atoms with E-state index in [2.05, 4.69) is 12.2 Å². The van der Waals surface area contributed by atoms with Crippen LogP contribution in [0.4, 0.5) is 4.79 Å². The first-order chi connectivity index (χ1) is 10.1. The zero-order chi connectivity index (χ0) is 15.2. The van der Waals surface area contributed by atoms with Gasteiger partial charge in [-0.1, -0.05) is 39.0 Å². The third-order valence-corrected chi connectivity index (χ3v) is 4.97. The lowest BCUT2D eigenvalue weighted by Crippen LogP contribution is -2.52. The number of carboxylic acids is 1. The Morgan fingerprint density at radius 2 is 1.67 bits per heavy atom. The minimum atomic E-state index is -0.874. The van der Waals surface area contributed by atoms with Gasteiger partial charge in [0.15, 0.2) is 0 Å². The van der Waals surface area contributed by atoms with E-state index in [1.165, 1.54) is 12.8 Å². The Kier molecular flexibility index (Phi) is 5.88. The van der Waals surface area contributed by atoms with Gasteiger partial charge >= 0.3 is 12.0 Å². The van der Waals surface area contributed by atoms with Crippen LogP contribution >= 0.6 is 0 Å². The van der Waals surface area contributed by atoms with Crippen molar-refractivity contribution in [3.8, 4) is 0 Å². The third-order valence-electron chi connectivity index (χ3n) is 4.97. The van der Waals surface area contributed by atoms with Crippen LogP contribution in [0, 0.1) is 5.92 Å². The lowest BCUT2D eigenvalue weighted by atomic mass is 9.97. The molecule has 5 nitrogen and oxygen atoms in total. The summed E-state index contributed by atoms with van der Waals surface area (Å²) >= 11 is 0. The maximum Gasteiger partial charge on any atom is 0.326 e. The second-order valence-corrected chi connectivity index (χ2v) is 6.57. The Hall–Kier alpha value is -1.26. The quantitative estimate of drug-likeness (QED) is 0.770. The van der Waals surface area contributed by atoms with E-state index in [-0.39, 0.29) is 12.1 Å². The first-order valence-electron chi connectivity index (χ1n) is 8.39. The van der Waals surface area contributed by atoms with E-state index in [1.807, 2.05) is 0 Å². The van der Waals surface area contributed by atoms with Crippen LogP contribution in [0.2, 0.25) is 0 Å². The number of likely N-dealkylation sites (tertiary alicyclic amines) is 1. The van der Waals surface area contributed by atoms with Crippen molar-refractivity contribution < 1.29 is 14.7 Å². The molecule has 1 aliphatic heterocycles. The van der Waals surface area contributed by atoms with Gasteiger partial charge in [-0.05, 0) is 31.6 Å². The zero-order valence-corrected chi connectivity index (χ0v) is 13.0. The standard InChI is InChI=1S/C16H28N2O3/c1-12-8-4-2-5-9-13(12)17-16(21)18-11-7-3-6-10-14(18)15(19)20/h12-14H,2-11H2,1H3,(H,17,21)(H,19,20). The number of nitrogens with zero attached hydrogens (tertiary/aromatic N) is 1. The number of nitrogens with one attached hydrogen (secondary N) is 1. The fourth-order valence-electron chi connectivity index (χ4n) is 3.56. The van der Waals surface area contributed by atoms with Gasteiger partial charge in [-0.3, -0.25) is 0 Å². The normalized spacial score (nSPS) is 31.1. The lowest BCUT2D eigenvalue weighted by Gasteiger charge is -2.31. The minimum absolute atomic E-state index is 0.178. The molecule has 1 aliphatic carbocycles. The summed E-state index contributed by atoms with van der Waals surface area (Å²) in [5.41, 5.74) is 0. The Balaban J connectivity index is 2.00. The highest BCUT2D eigenvalue weighted by Crippen LogP contribution is 2.24. The predicted molar refractivity (Wildman–Crippen MR) is 81.2 cm³/mol. The summed E-state index contributed by atoms with van der Waals surface area (Å²) in [7, 11) is 0. The first kappa shape index (κ1) is 16.1. The highest BCUT2D eigenvalue weighted by atomic mass is 16.4. The average Bonchev–Trinajstić information content (AvgIpc) is 2.80. The molecule has 2 amide bonds. The second-order valence-electron chi connectivity index (χ2n) is 6.57. The fourth-order valence-corrected chi connectivity index (χ4v) is 3.56. The van der Waals surface area contributed by atoms with Gasteiger partial charge in [-0.15, -0.1) is 0 Å². The molecule has 0 bridgehead atoms. The number of rotatable bonds is 2. The summed E-state index contributed by atoms with van der Waals surface area (Å²) in [6.45, 7) is 2.75. The van der Waals surface area contributed by atoms with Crippen molar-refractivity contribution in [2.75, 3.05) is 6.54 Å². The minimum Gasteiger partial charge on any atom is -0.480 e. The van der Waals surface area contributed by atoms with Crippen LogP contribution in [0.5, 0.6) is 0 Å². The number of amides is 2. The Bertz CT molecular complexity index is 373. The highest BCUT2D eigenvalue weighted by Gasteiger charge is 2.32. The Morgan fingerprint density at radius 3 is 2.43 bits per heavy atom. The lowest BCUT2D eigenvalue weighted by molar-refractivity contribution is -0.142. The predicted octanol–water partition coefficient (Wildman–Crippen LogP) is 2.99. The molecule has 1 saturated carbocycles. The van der Waals surface area contributed by atoms with E-state index >= 15 is 0 Å². The van der Waals surface area contributed by atoms with E-state index in [9.17, 15) is 14.7 Å². The van der Waals surface area contributed by atoms with Crippen molar-refractivity contribution in [1.29, 1.82) is 0 Å². The van der Waals surface area contributed by atoms with Crippen LogP contribution in [-0.2, 0) is 4.79 Å². The molecule has 2 rings (SSSR count). The number of aliphatic carboxylic acids is 1. The number of carbonyl (C=O) groups is 2. The molecule has 3 unspecified atom stereocenters. The van der Waals surface area contributed by atoms with E-state index in [4.69, 9.17) is 0 Å². The molecule has 0 aromatic carbocycles. The molecular weight excluding hydrogens is 268 g/mol. The van der Waals surface area contributed by atoms with Gasteiger partial charge in [-0.2, -0.15) is 0 Å². The van der Waals surface area contributed by atoms with E-state index in [1.54, 1.807) is 4.90 Å². The Morgan fingerprint density at radius 1 is 1.00 bits per heavy atom. The van der Waals surface area contributed by atoms with Gasteiger partial charge in [0.05, 0.1) is 0 Å². The number of carboxylic acid groups (broad SMARTS) is 1. The van der Waals surface area contributed by atoms with Crippen LogP contribution in [0.1, 0.15) is 64.7 Å². The van der Waals surface area contributed by atoms with E-state index in [0.29, 0.717) is 18.9 Å². The molecule has 2 fully saturated rings. The zero-order valence-electron chi connectivity index (χ0n) is 13.0. The number of hydrogen-bond acceptors (Lipinski definition) is 2. The molecule has 21 heavy (non-hydrogen) atoms. The molecule has 120 valence electrons. The molecule has 2 aliphatic rings. The summed E-state index contributed by atoms with van der Waals surface area (Å²) in [5.74, 6) is -0.396. The molecule has 1 heterocycles. The third kappa shape index (κ3) is 4.35. The first-order valence-corrected chi connectivity index (χ1v) is 8.39. The second kappa shape index (κ2) is 7.66. The molecule has 2 N–H and O–H groups in total. The Labute approximate surface area is 127 Å². The number of carbonyl (C=O) groups excluding carboxylic acids is 1. The highest BCUT2D eigenvalue weighted by molar-refractivity contribution is 5.82. The maximum absolute atomic E-state index is 12.5. The molecule has 0 radical (unpaired) electrons. The van der Waals surface area contributed by atoms with Crippen LogP contribution in [0.25, 0.3) is 0 Å². The monoisotopic (exact) mass is 296 g/mol. The van der Waals surface area contributed by atoms with Gasteiger partial charge in [-0.25, -0.2) is 9.59 Å². The van der Waals surface area contributed by atoms with E-state index < -0.39 is 12.0 Å². The van der Waals surface area contributed by atoms with Crippen molar-refractivity contribution in [3.63, 3.8) is 0 Å². The van der Waals surface area contributed by atoms with Crippen LogP contribution < -0.4 is 5.32 Å². The van der Waals surface area contributed by atoms with Crippen molar-refractivity contribution in [1.82, 2.24) is 10.2 Å². The number of urea groups is 1. The molecule has 1 saturated heterocycles. The molecule has 0 aromatic rings. The molecular formula is C16H28N2O3. The van der Waals surface area contributed by atoms with E-state index in [0.717, 1.165) is 38.5 Å². The topological polar surface area (TPSA) is 69.6 Å². The molecule has 3 atom stereocenters. The van der Waals surface area contributed by atoms with Crippen LogP contribution in [0.3, 0.4) is 0 Å². The van der Waals surface area contributed by atoms with Crippen LogP contribution in [0.15, 0.2) is 0 Å². The van der Waals surface area contributed by atoms with Gasteiger partial charge in [0.25, 0.3) is 0 Å². The summed E-state index contributed by atoms with van der Waals surface area (Å²) in [5, 5.41) is 12.5. The van der Waals surface area contributed by atoms with Gasteiger partial charge in [0.1, 0.15) is 6.04 Å².